The average molecular weight is 691 g/mol. The summed E-state index contributed by atoms with van der Waals surface area (Å²) in [6, 6.07) is 28.4. The van der Waals surface area contributed by atoms with Crippen LogP contribution in [0, 0.1) is 13.8 Å². The van der Waals surface area contributed by atoms with E-state index in [0.717, 1.165) is 92.9 Å². The minimum atomic E-state index is -1.21. The van der Waals surface area contributed by atoms with Crippen LogP contribution in [-0.2, 0) is 23.4 Å². The van der Waals surface area contributed by atoms with Gasteiger partial charge in [-0.25, -0.2) is 4.79 Å². The summed E-state index contributed by atoms with van der Waals surface area (Å²) >= 11 is 13.5. The molecular formula is C42H41Cl2N3O2. The van der Waals surface area contributed by atoms with E-state index < -0.39 is 5.60 Å². The molecule has 1 aliphatic rings. The van der Waals surface area contributed by atoms with Crippen molar-refractivity contribution in [1.82, 2.24) is 9.13 Å². The summed E-state index contributed by atoms with van der Waals surface area (Å²) in [5.41, 5.74) is 9.66. The number of hydrogen-bond donors (Lipinski definition) is 0. The molecule has 5 nitrogen and oxygen atoms in total. The van der Waals surface area contributed by atoms with Crippen molar-refractivity contribution in [1.29, 1.82) is 0 Å². The van der Waals surface area contributed by atoms with Crippen LogP contribution in [0.4, 0.5) is 5.69 Å². The number of halogens is 2. The van der Waals surface area contributed by atoms with Gasteiger partial charge in [0.25, 0.3) is 0 Å². The number of rotatable bonds is 9. The van der Waals surface area contributed by atoms with E-state index in [2.05, 4.69) is 110 Å². The van der Waals surface area contributed by atoms with Crippen molar-refractivity contribution >= 4 is 62.2 Å². The van der Waals surface area contributed by atoms with Gasteiger partial charge >= 0.3 is 5.97 Å². The summed E-state index contributed by atoms with van der Waals surface area (Å²) in [7, 11) is 0. The molecule has 0 saturated carbocycles. The van der Waals surface area contributed by atoms with E-state index in [1.807, 2.05) is 36.4 Å². The Hall–Kier alpha value is -4.45. The van der Waals surface area contributed by atoms with Crippen molar-refractivity contribution in [3.63, 3.8) is 0 Å². The summed E-state index contributed by atoms with van der Waals surface area (Å²) in [6.07, 6.45) is 2.19. The van der Waals surface area contributed by atoms with Gasteiger partial charge in [0, 0.05) is 97.4 Å². The summed E-state index contributed by atoms with van der Waals surface area (Å²) in [5, 5.41) is 3.41. The monoisotopic (exact) mass is 689 g/mol. The normalized spacial score (nSPS) is 15.6. The van der Waals surface area contributed by atoms with E-state index >= 15 is 0 Å². The standard InChI is InChI=1S/C42H41Cl2N3O2/c1-7-45(8-2)31-19-15-28(16-20-31)42(36-14-12-11-13-32(36)41(48)49-42)25-35(39-26(5)46(9-3)37-21-17-29(43)23-33(37)39)40-27(6)47(10-4)38-22-18-30(44)24-34(38)40/h11-25H,7-10H2,1-6H3. The first-order valence-electron chi connectivity index (χ1n) is 17.2. The molecule has 3 heterocycles. The minimum Gasteiger partial charge on any atom is -0.441 e. The van der Waals surface area contributed by atoms with E-state index in [0.29, 0.717) is 15.6 Å². The molecule has 2 aromatic heterocycles. The first kappa shape index (κ1) is 33.1. The van der Waals surface area contributed by atoms with Crippen LogP contribution in [0.2, 0.25) is 10.0 Å². The highest BCUT2D eigenvalue weighted by molar-refractivity contribution is 6.32. The number of carbonyl (C=O) groups excluding carboxylic acids is 1. The highest BCUT2D eigenvalue weighted by Crippen LogP contribution is 2.49. The molecule has 4 aromatic carbocycles. The highest BCUT2D eigenvalue weighted by Gasteiger charge is 2.46. The van der Waals surface area contributed by atoms with Crippen LogP contribution in [-0.4, -0.2) is 28.2 Å². The second-order valence-corrected chi connectivity index (χ2v) is 13.6. The van der Waals surface area contributed by atoms with Crippen LogP contribution in [0.3, 0.4) is 0 Å². The van der Waals surface area contributed by atoms with Crippen LogP contribution in [0.1, 0.15) is 71.7 Å². The Morgan fingerprint density at radius 2 is 1.29 bits per heavy atom. The molecule has 7 rings (SSSR count). The number of hydrogen-bond acceptors (Lipinski definition) is 3. The fraction of sp³-hybridized carbons (Fsp3) is 0.262. The maximum absolute atomic E-state index is 13.8. The summed E-state index contributed by atoms with van der Waals surface area (Å²) in [5.74, 6) is -0.342. The zero-order valence-electron chi connectivity index (χ0n) is 28.9. The third-order valence-corrected chi connectivity index (χ3v) is 10.8. The number of aryl methyl sites for hydroxylation is 2. The molecule has 7 heteroatoms. The smallest absolute Gasteiger partial charge is 0.340 e. The molecule has 0 spiro atoms. The highest BCUT2D eigenvalue weighted by atomic mass is 35.5. The lowest BCUT2D eigenvalue weighted by Crippen LogP contribution is -2.27. The van der Waals surface area contributed by atoms with Crippen molar-refractivity contribution in [2.45, 2.75) is 60.2 Å². The number of anilines is 1. The molecule has 1 unspecified atom stereocenters. The second-order valence-electron chi connectivity index (χ2n) is 12.7. The van der Waals surface area contributed by atoms with Crippen LogP contribution >= 0.6 is 23.2 Å². The molecular weight excluding hydrogens is 649 g/mol. The predicted octanol–water partition coefficient (Wildman–Crippen LogP) is 11.0. The number of ether oxygens (including phenoxy) is 1. The lowest BCUT2D eigenvalue weighted by Gasteiger charge is -2.29. The summed E-state index contributed by atoms with van der Waals surface area (Å²) in [4.78, 5) is 16.1. The van der Waals surface area contributed by atoms with Crippen molar-refractivity contribution in [3.05, 3.63) is 140 Å². The van der Waals surface area contributed by atoms with Gasteiger partial charge in [0.2, 0.25) is 0 Å². The van der Waals surface area contributed by atoms with Gasteiger partial charge in [0.05, 0.1) is 5.56 Å². The van der Waals surface area contributed by atoms with Crippen molar-refractivity contribution in [3.8, 4) is 0 Å². The van der Waals surface area contributed by atoms with E-state index in [1.54, 1.807) is 0 Å². The maximum Gasteiger partial charge on any atom is 0.340 e. The van der Waals surface area contributed by atoms with E-state index in [9.17, 15) is 4.79 Å². The summed E-state index contributed by atoms with van der Waals surface area (Å²) < 4.78 is 11.3. The molecule has 0 fully saturated rings. The third kappa shape index (κ3) is 5.17. The SMILES string of the molecule is CCN(CC)c1ccc(C2(C=C(c3c(C)n(CC)c4ccc(Cl)cc34)c3c(C)n(CC)c4ccc(Cl)cc34)OC(=O)c3ccccc32)cc1. The number of carbonyl (C=O) groups is 1. The Morgan fingerprint density at radius 3 is 1.80 bits per heavy atom. The van der Waals surface area contributed by atoms with Crippen LogP contribution < -0.4 is 4.90 Å². The molecule has 0 aliphatic carbocycles. The lowest BCUT2D eigenvalue weighted by molar-refractivity contribution is 0.0276. The van der Waals surface area contributed by atoms with Gasteiger partial charge in [-0.05, 0) is 108 Å². The number of cyclic esters (lactones) is 1. The van der Waals surface area contributed by atoms with E-state index in [-0.39, 0.29) is 5.97 Å². The van der Waals surface area contributed by atoms with E-state index in [4.69, 9.17) is 27.9 Å². The molecule has 1 aliphatic heterocycles. The molecule has 0 radical (unpaired) electrons. The number of nitrogens with zero attached hydrogens (tertiary/aromatic N) is 3. The van der Waals surface area contributed by atoms with Crippen LogP contribution in [0.15, 0.2) is 91.0 Å². The predicted molar refractivity (Wildman–Crippen MR) is 204 cm³/mol. The van der Waals surface area contributed by atoms with Gasteiger partial charge in [-0.2, -0.15) is 0 Å². The largest absolute Gasteiger partial charge is 0.441 e. The summed E-state index contributed by atoms with van der Waals surface area (Å²) in [6.45, 7) is 16.3. The van der Waals surface area contributed by atoms with Gasteiger partial charge in [0.1, 0.15) is 0 Å². The number of esters is 1. The van der Waals surface area contributed by atoms with Crippen molar-refractivity contribution in [2.75, 3.05) is 18.0 Å². The van der Waals surface area contributed by atoms with Gasteiger partial charge < -0.3 is 18.8 Å². The van der Waals surface area contributed by atoms with Crippen LogP contribution in [0.25, 0.3) is 27.4 Å². The molecule has 0 bridgehead atoms. The number of fused-ring (bicyclic) bond motifs is 3. The van der Waals surface area contributed by atoms with Crippen LogP contribution in [0.5, 0.6) is 0 Å². The first-order valence-corrected chi connectivity index (χ1v) is 17.9. The molecule has 0 amide bonds. The Labute approximate surface area is 298 Å². The van der Waals surface area contributed by atoms with Crippen molar-refractivity contribution in [2.24, 2.45) is 0 Å². The molecule has 0 N–H and O–H groups in total. The molecule has 250 valence electrons. The molecule has 0 saturated heterocycles. The molecule has 1 atom stereocenters. The fourth-order valence-electron chi connectivity index (χ4n) is 8.03. The van der Waals surface area contributed by atoms with Gasteiger partial charge in [-0.3, -0.25) is 0 Å². The molecule has 49 heavy (non-hydrogen) atoms. The topological polar surface area (TPSA) is 39.4 Å². The van der Waals surface area contributed by atoms with Gasteiger partial charge in [0.15, 0.2) is 5.60 Å². The van der Waals surface area contributed by atoms with E-state index in [1.165, 1.54) is 0 Å². The zero-order chi connectivity index (χ0) is 34.6. The quantitative estimate of drug-likeness (QED) is 0.142. The zero-order valence-corrected chi connectivity index (χ0v) is 30.4. The second kappa shape index (κ2) is 12.8. The minimum absolute atomic E-state index is 0.342. The molecule has 6 aromatic rings. The van der Waals surface area contributed by atoms with Crippen molar-refractivity contribution < 1.29 is 9.53 Å². The Kier molecular flexibility index (Phi) is 8.62. The van der Waals surface area contributed by atoms with Gasteiger partial charge in [-0.15, -0.1) is 0 Å². The van der Waals surface area contributed by atoms with Gasteiger partial charge in [-0.1, -0.05) is 53.5 Å². The first-order chi connectivity index (χ1) is 23.7. The third-order valence-electron chi connectivity index (χ3n) is 10.3. The number of aromatic nitrogens is 2. The Morgan fingerprint density at radius 1 is 0.755 bits per heavy atom. The Bertz CT molecular complexity index is 2180. The fourth-order valence-corrected chi connectivity index (χ4v) is 8.38. The Balaban J connectivity index is 1.65. The maximum atomic E-state index is 13.8. The number of benzene rings is 4. The average Bonchev–Trinajstić information content (AvgIpc) is 3.66. The lowest BCUT2D eigenvalue weighted by atomic mass is 9.81.